The summed E-state index contributed by atoms with van der Waals surface area (Å²) in [6, 6.07) is -1.03. The average Bonchev–Trinajstić information content (AvgIpc) is 2.71. The van der Waals surface area contributed by atoms with Crippen LogP contribution in [0.2, 0.25) is 0 Å². The van der Waals surface area contributed by atoms with Crippen LogP contribution in [0.25, 0.3) is 0 Å². The van der Waals surface area contributed by atoms with Crippen molar-refractivity contribution in [1.29, 1.82) is 0 Å². The lowest BCUT2D eigenvalue weighted by atomic mass is 9.76. The van der Waals surface area contributed by atoms with Crippen LogP contribution in [-0.4, -0.2) is 42.1 Å². The van der Waals surface area contributed by atoms with Crippen LogP contribution < -0.4 is 10.6 Å². The number of hydrogen-bond donors (Lipinski definition) is 2. The first-order valence-electron chi connectivity index (χ1n) is 10.0. The lowest BCUT2D eigenvalue weighted by molar-refractivity contribution is -0.184. The largest absolute Gasteiger partial charge is 0.391 e. The normalized spacial score (nSPS) is 25.7. The molecule has 1 saturated heterocycles. The van der Waals surface area contributed by atoms with Gasteiger partial charge < -0.3 is 15.5 Å². The fraction of sp³-hybridized carbons (Fsp3) is 0.600. The number of nitrogens with one attached hydrogen (secondary N) is 2. The van der Waals surface area contributed by atoms with Gasteiger partial charge in [-0.15, -0.1) is 0 Å². The molecule has 0 radical (unpaired) electrons. The summed E-state index contributed by atoms with van der Waals surface area (Å²) >= 11 is 0. The van der Waals surface area contributed by atoms with Crippen LogP contribution in [0.15, 0.2) is 12.1 Å². The van der Waals surface area contributed by atoms with Gasteiger partial charge in [-0.3, -0.25) is 4.79 Å². The minimum Gasteiger partial charge on any atom is -0.353 e. The molecule has 0 aromatic heterocycles. The SMILES string of the molecule is C[C@@H]1C(=O)NCCN1C(=O)NC(c1cc(F)c(F)c(F)c1)C1CCC(C(F)(F)F)CC1. The summed E-state index contributed by atoms with van der Waals surface area (Å²) < 4.78 is 80.2. The van der Waals surface area contributed by atoms with Crippen molar-refractivity contribution in [3.8, 4) is 0 Å². The van der Waals surface area contributed by atoms with Crippen molar-refractivity contribution in [2.45, 2.75) is 50.9 Å². The van der Waals surface area contributed by atoms with Crippen LogP contribution in [-0.2, 0) is 4.79 Å². The van der Waals surface area contributed by atoms with Crippen molar-refractivity contribution >= 4 is 11.9 Å². The van der Waals surface area contributed by atoms with Crippen molar-refractivity contribution in [1.82, 2.24) is 15.5 Å². The van der Waals surface area contributed by atoms with Crippen LogP contribution in [0, 0.1) is 29.3 Å². The number of hydrogen-bond acceptors (Lipinski definition) is 2. The van der Waals surface area contributed by atoms with Gasteiger partial charge in [0.25, 0.3) is 0 Å². The second kappa shape index (κ2) is 8.96. The Morgan fingerprint density at radius 1 is 1.13 bits per heavy atom. The molecule has 1 aliphatic heterocycles. The summed E-state index contributed by atoms with van der Waals surface area (Å²) in [4.78, 5) is 25.9. The molecule has 5 nitrogen and oxygen atoms in total. The van der Waals surface area contributed by atoms with Crippen LogP contribution in [0.5, 0.6) is 0 Å². The van der Waals surface area contributed by atoms with Gasteiger partial charge in [0.1, 0.15) is 6.04 Å². The third-order valence-electron chi connectivity index (χ3n) is 6.11. The molecule has 0 spiro atoms. The Hall–Kier alpha value is -2.46. The summed E-state index contributed by atoms with van der Waals surface area (Å²) in [5, 5.41) is 5.22. The first-order chi connectivity index (χ1) is 14.5. The molecule has 1 saturated carbocycles. The van der Waals surface area contributed by atoms with Gasteiger partial charge in [0, 0.05) is 13.1 Å². The van der Waals surface area contributed by atoms with E-state index in [1.807, 2.05) is 0 Å². The molecule has 11 heteroatoms. The molecule has 3 amide bonds. The zero-order valence-corrected chi connectivity index (χ0v) is 16.7. The number of piperazine rings is 1. The molecule has 1 aromatic carbocycles. The quantitative estimate of drug-likeness (QED) is 0.538. The van der Waals surface area contributed by atoms with Crippen LogP contribution in [0.1, 0.15) is 44.2 Å². The summed E-state index contributed by atoms with van der Waals surface area (Å²) in [5.74, 6) is -6.97. The fourth-order valence-corrected chi connectivity index (χ4v) is 4.28. The van der Waals surface area contributed by atoms with E-state index in [9.17, 15) is 35.9 Å². The summed E-state index contributed by atoms with van der Waals surface area (Å²) in [6.07, 6.45) is -4.59. The molecular formula is C20H23F6N3O2. The van der Waals surface area contributed by atoms with Gasteiger partial charge in [-0.1, -0.05) is 0 Å². The maximum Gasteiger partial charge on any atom is 0.391 e. The van der Waals surface area contributed by atoms with Gasteiger partial charge in [-0.25, -0.2) is 18.0 Å². The van der Waals surface area contributed by atoms with Crippen molar-refractivity contribution < 1.29 is 35.9 Å². The Balaban J connectivity index is 1.85. The molecule has 172 valence electrons. The van der Waals surface area contributed by atoms with E-state index < -0.39 is 53.6 Å². The highest BCUT2D eigenvalue weighted by molar-refractivity contribution is 5.88. The molecule has 31 heavy (non-hydrogen) atoms. The Bertz CT molecular complexity index is 816. The first-order valence-corrected chi connectivity index (χ1v) is 10.0. The van der Waals surface area contributed by atoms with E-state index >= 15 is 0 Å². The van der Waals surface area contributed by atoms with Crippen LogP contribution in [0.3, 0.4) is 0 Å². The zero-order chi connectivity index (χ0) is 22.9. The number of benzene rings is 1. The van der Waals surface area contributed by atoms with Crippen molar-refractivity contribution in [3.63, 3.8) is 0 Å². The fourth-order valence-electron chi connectivity index (χ4n) is 4.28. The van der Waals surface area contributed by atoms with E-state index in [-0.39, 0.29) is 50.2 Å². The molecule has 1 aromatic rings. The molecule has 2 fully saturated rings. The Kier molecular flexibility index (Phi) is 6.70. The van der Waals surface area contributed by atoms with Crippen molar-refractivity contribution in [2.75, 3.05) is 13.1 Å². The van der Waals surface area contributed by atoms with Gasteiger partial charge in [0.2, 0.25) is 5.91 Å². The molecule has 0 bridgehead atoms. The van der Waals surface area contributed by atoms with Gasteiger partial charge >= 0.3 is 12.2 Å². The number of nitrogens with zero attached hydrogens (tertiary/aromatic N) is 1. The number of halogens is 6. The smallest absolute Gasteiger partial charge is 0.353 e. The number of urea groups is 1. The second-order valence-electron chi connectivity index (χ2n) is 8.04. The Morgan fingerprint density at radius 2 is 1.71 bits per heavy atom. The lowest BCUT2D eigenvalue weighted by Crippen LogP contribution is -2.58. The van der Waals surface area contributed by atoms with E-state index in [4.69, 9.17) is 0 Å². The second-order valence-corrected chi connectivity index (χ2v) is 8.04. The number of alkyl halides is 3. The number of carbonyl (C=O) groups excluding carboxylic acids is 2. The summed E-state index contributed by atoms with van der Waals surface area (Å²) in [6.45, 7) is 1.92. The van der Waals surface area contributed by atoms with E-state index in [1.165, 1.54) is 11.8 Å². The van der Waals surface area contributed by atoms with E-state index in [2.05, 4.69) is 10.6 Å². The highest BCUT2D eigenvalue weighted by Crippen LogP contribution is 2.43. The predicted molar refractivity (Wildman–Crippen MR) is 98.3 cm³/mol. The molecule has 3 rings (SSSR count). The third-order valence-corrected chi connectivity index (χ3v) is 6.11. The first kappa shape index (κ1) is 23.2. The van der Waals surface area contributed by atoms with E-state index in [0.29, 0.717) is 0 Å². The Morgan fingerprint density at radius 3 is 2.26 bits per heavy atom. The van der Waals surface area contributed by atoms with Gasteiger partial charge in [0.15, 0.2) is 17.5 Å². The zero-order valence-electron chi connectivity index (χ0n) is 16.7. The van der Waals surface area contributed by atoms with Gasteiger partial charge in [-0.05, 0) is 56.2 Å². The molecule has 2 atom stereocenters. The monoisotopic (exact) mass is 451 g/mol. The highest BCUT2D eigenvalue weighted by Gasteiger charge is 2.43. The van der Waals surface area contributed by atoms with Gasteiger partial charge in [-0.2, -0.15) is 13.2 Å². The van der Waals surface area contributed by atoms with Crippen LogP contribution in [0.4, 0.5) is 31.1 Å². The predicted octanol–water partition coefficient (Wildman–Crippen LogP) is 4.04. The maximum atomic E-state index is 13.9. The number of carbonyl (C=O) groups is 2. The molecule has 2 aliphatic rings. The molecule has 2 N–H and O–H groups in total. The number of amides is 3. The highest BCUT2D eigenvalue weighted by atomic mass is 19.4. The van der Waals surface area contributed by atoms with Crippen molar-refractivity contribution in [2.24, 2.45) is 11.8 Å². The Labute approximate surface area is 175 Å². The average molecular weight is 451 g/mol. The summed E-state index contributed by atoms with van der Waals surface area (Å²) in [7, 11) is 0. The molecular weight excluding hydrogens is 428 g/mol. The van der Waals surface area contributed by atoms with Crippen molar-refractivity contribution in [3.05, 3.63) is 35.1 Å². The molecule has 1 heterocycles. The lowest BCUT2D eigenvalue weighted by Gasteiger charge is -2.38. The van der Waals surface area contributed by atoms with Crippen LogP contribution >= 0.6 is 0 Å². The third kappa shape index (κ3) is 5.07. The maximum absolute atomic E-state index is 13.9. The standard InChI is InChI=1S/C20H23F6N3O2/c1-10-18(30)27-6-7-29(10)19(31)28-17(12-8-14(21)16(23)15(22)9-12)11-2-4-13(5-3-11)20(24,25)26/h8-11,13,17H,2-7H2,1H3,(H,27,30)(H,28,31)/t10-,11?,13?,17?/m1/s1. The summed E-state index contributed by atoms with van der Waals surface area (Å²) in [5.41, 5.74) is -0.0747. The van der Waals surface area contributed by atoms with E-state index in [0.717, 1.165) is 12.1 Å². The number of rotatable bonds is 3. The minimum atomic E-state index is -4.34. The molecule has 1 aliphatic carbocycles. The van der Waals surface area contributed by atoms with E-state index in [1.54, 1.807) is 0 Å². The van der Waals surface area contributed by atoms with Gasteiger partial charge in [0.05, 0.1) is 12.0 Å². The minimum absolute atomic E-state index is 0.0613. The molecule has 1 unspecified atom stereocenters. The topological polar surface area (TPSA) is 61.4 Å².